The Labute approximate surface area is 54.0 Å². The Bertz CT molecular complexity index is 95.0. The van der Waals surface area contributed by atoms with E-state index in [0.29, 0.717) is 5.82 Å². The van der Waals surface area contributed by atoms with E-state index < -0.39 is 6.10 Å². The van der Waals surface area contributed by atoms with Crippen LogP contribution in [0.1, 0.15) is 0 Å². The van der Waals surface area contributed by atoms with Gasteiger partial charge in [-0.25, -0.2) is 0 Å². The zero-order valence-corrected chi connectivity index (χ0v) is 5.17. The quantitative estimate of drug-likeness (QED) is 0.370. The molecular weight excluding hydrogens is 120 g/mol. The molecule has 4 nitrogen and oxygen atoms in total. The van der Waals surface area contributed by atoms with Crippen molar-refractivity contribution >= 4 is 0 Å². The highest BCUT2D eigenvalue weighted by molar-refractivity contribution is 4.82. The standard InChI is InChI=1S/C5H12N2O2/c1-4(6)7-2-5(9)3-8/h5,7-9H,1-3,6H2. The molecule has 0 aliphatic carbocycles. The van der Waals surface area contributed by atoms with Crippen LogP contribution in [0.5, 0.6) is 0 Å². The van der Waals surface area contributed by atoms with Crippen LogP contribution in [0.2, 0.25) is 0 Å². The Kier molecular flexibility index (Phi) is 3.83. The SMILES string of the molecule is C=C(N)NCC(O)CO. The summed E-state index contributed by atoms with van der Waals surface area (Å²) in [5, 5.41) is 19.6. The Morgan fingerprint density at radius 3 is 2.67 bits per heavy atom. The molecule has 0 radical (unpaired) electrons. The van der Waals surface area contributed by atoms with Crippen LogP contribution in [0.15, 0.2) is 12.4 Å². The van der Waals surface area contributed by atoms with Crippen LogP contribution in [-0.4, -0.2) is 29.5 Å². The molecule has 0 heterocycles. The first-order valence-corrected chi connectivity index (χ1v) is 2.64. The number of hydrogen-bond acceptors (Lipinski definition) is 4. The minimum Gasteiger partial charge on any atom is -0.394 e. The van der Waals surface area contributed by atoms with Crippen molar-refractivity contribution in [3.05, 3.63) is 12.4 Å². The Morgan fingerprint density at radius 2 is 2.33 bits per heavy atom. The summed E-state index contributed by atoms with van der Waals surface area (Å²) < 4.78 is 0. The topological polar surface area (TPSA) is 78.5 Å². The van der Waals surface area contributed by atoms with Crippen molar-refractivity contribution in [1.29, 1.82) is 0 Å². The van der Waals surface area contributed by atoms with Gasteiger partial charge in [0.2, 0.25) is 0 Å². The fourth-order valence-corrected chi connectivity index (χ4v) is 0.313. The summed E-state index contributed by atoms with van der Waals surface area (Å²) in [5.74, 6) is 0.294. The van der Waals surface area contributed by atoms with Gasteiger partial charge in [-0.1, -0.05) is 6.58 Å². The summed E-state index contributed by atoms with van der Waals surface area (Å²) in [6.45, 7) is 3.31. The lowest BCUT2D eigenvalue weighted by Crippen LogP contribution is -2.31. The maximum absolute atomic E-state index is 8.70. The smallest absolute Gasteiger partial charge is 0.0943 e. The van der Waals surface area contributed by atoms with Gasteiger partial charge in [0.05, 0.1) is 18.5 Å². The molecule has 0 rings (SSSR count). The van der Waals surface area contributed by atoms with Gasteiger partial charge in [-0.05, 0) is 0 Å². The number of hydrogen-bond donors (Lipinski definition) is 4. The molecule has 5 N–H and O–H groups in total. The van der Waals surface area contributed by atoms with Crippen molar-refractivity contribution in [2.75, 3.05) is 13.2 Å². The molecule has 0 saturated carbocycles. The van der Waals surface area contributed by atoms with Gasteiger partial charge in [0.1, 0.15) is 0 Å². The van der Waals surface area contributed by atoms with E-state index in [1.807, 2.05) is 0 Å². The molecule has 0 aromatic carbocycles. The van der Waals surface area contributed by atoms with Crippen LogP contribution >= 0.6 is 0 Å². The number of rotatable bonds is 4. The second-order valence-electron chi connectivity index (χ2n) is 1.74. The van der Waals surface area contributed by atoms with Crippen molar-refractivity contribution in [3.8, 4) is 0 Å². The summed E-state index contributed by atoms with van der Waals surface area (Å²) >= 11 is 0. The lowest BCUT2D eigenvalue weighted by atomic mass is 10.4. The van der Waals surface area contributed by atoms with Crippen molar-refractivity contribution in [2.24, 2.45) is 5.73 Å². The zero-order chi connectivity index (χ0) is 7.28. The fourth-order valence-electron chi connectivity index (χ4n) is 0.313. The highest BCUT2D eigenvalue weighted by Gasteiger charge is 1.98. The van der Waals surface area contributed by atoms with E-state index in [1.54, 1.807) is 0 Å². The maximum atomic E-state index is 8.70. The Hall–Kier alpha value is -0.740. The molecule has 1 atom stereocenters. The van der Waals surface area contributed by atoms with Crippen LogP contribution in [0.4, 0.5) is 0 Å². The molecule has 0 aliphatic heterocycles. The van der Waals surface area contributed by atoms with E-state index in [-0.39, 0.29) is 13.2 Å². The lowest BCUT2D eigenvalue weighted by Gasteiger charge is -2.08. The monoisotopic (exact) mass is 132 g/mol. The molecule has 0 aromatic rings. The predicted molar refractivity (Wildman–Crippen MR) is 34.4 cm³/mol. The first-order valence-electron chi connectivity index (χ1n) is 2.64. The van der Waals surface area contributed by atoms with Gasteiger partial charge in [-0.15, -0.1) is 0 Å². The zero-order valence-electron chi connectivity index (χ0n) is 5.17. The van der Waals surface area contributed by atoms with Crippen LogP contribution in [0, 0.1) is 0 Å². The molecule has 4 heteroatoms. The highest BCUT2D eigenvalue weighted by atomic mass is 16.3. The third-order valence-corrected chi connectivity index (χ3v) is 0.775. The van der Waals surface area contributed by atoms with Crippen LogP contribution < -0.4 is 11.1 Å². The summed E-state index contributed by atoms with van der Waals surface area (Å²) in [6, 6.07) is 0. The third-order valence-electron chi connectivity index (χ3n) is 0.775. The minimum atomic E-state index is -0.759. The van der Waals surface area contributed by atoms with Crippen molar-refractivity contribution in [2.45, 2.75) is 6.10 Å². The van der Waals surface area contributed by atoms with E-state index in [9.17, 15) is 0 Å². The second-order valence-corrected chi connectivity index (χ2v) is 1.74. The first kappa shape index (κ1) is 8.26. The van der Waals surface area contributed by atoms with Crippen LogP contribution in [0.25, 0.3) is 0 Å². The van der Waals surface area contributed by atoms with Gasteiger partial charge >= 0.3 is 0 Å². The van der Waals surface area contributed by atoms with E-state index in [2.05, 4.69) is 11.9 Å². The van der Waals surface area contributed by atoms with Crippen molar-refractivity contribution < 1.29 is 10.2 Å². The molecular formula is C5H12N2O2. The number of nitrogens with two attached hydrogens (primary N) is 1. The molecule has 0 amide bonds. The van der Waals surface area contributed by atoms with Gasteiger partial charge in [-0.3, -0.25) is 0 Å². The molecule has 1 unspecified atom stereocenters. The van der Waals surface area contributed by atoms with Crippen LogP contribution in [0.3, 0.4) is 0 Å². The molecule has 0 saturated heterocycles. The summed E-state index contributed by atoms with van der Waals surface area (Å²) in [4.78, 5) is 0. The van der Waals surface area contributed by atoms with E-state index >= 15 is 0 Å². The van der Waals surface area contributed by atoms with Crippen LogP contribution in [-0.2, 0) is 0 Å². The molecule has 0 bridgehead atoms. The van der Waals surface area contributed by atoms with Gasteiger partial charge in [0.15, 0.2) is 0 Å². The third kappa shape index (κ3) is 5.13. The second kappa shape index (κ2) is 4.17. The lowest BCUT2D eigenvalue weighted by molar-refractivity contribution is 0.0965. The number of aliphatic hydroxyl groups is 2. The molecule has 0 aliphatic rings. The number of nitrogens with one attached hydrogen (secondary N) is 1. The van der Waals surface area contributed by atoms with Gasteiger partial charge < -0.3 is 21.3 Å². The normalized spacial score (nSPS) is 12.7. The van der Waals surface area contributed by atoms with Crippen molar-refractivity contribution in [3.63, 3.8) is 0 Å². The summed E-state index contributed by atoms with van der Waals surface area (Å²) in [5.41, 5.74) is 5.10. The maximum Gasteiger partial charge on any atom is 0.0943 e. The summed E-state index contributed by atoms with van der Waals surface area (Å²) in [7, 11) is 0. The summed E-state index contributed by atoms with van der Waals surface area (Å²) in [6.07, 6.45) is -0.759. The fraction of sp³-hybridized carbons (Fsp3) is 0.600. The van der Waals surface area contributed by atoms with Gasteiger partial charge in [0, 0.05) is 6.54 Å². The van der Waals surface area contributed by atoms with Gasteiger partial charge in [-0.2, -0.15) is 0 Å². The predicted octanol–water partition coefficient (Wildman–Crippen LogP) is -1.64. The molecule has 9 heavy (non-hydrogen) atoms. The molecule has 0 fully saturated rings. The molecule has 0 aromatic heterocycles. The number of aliphatic hydroxyl groups excluding tert-OH is 2. The Morgan fingerprint density at radius 1 is 1.78 bits per heavy atom. The van der Waals surface area contributed by atoms with Gasteiger partial charge in [0.25, 0.3) is 0 Å². The average Bonchev–Trinajstić information content (AvgIpc) is 1.83. The average molecular weight is 132 g/mol. The Balaban J connectivity index is 3.16. The highest BCUT2D eigenvalue weighted by Crippen LogP contribution is 1.77. The molecule has 54 valence electrons. The first-order chi connectivity index (χ1) is 4.16. The van der Waals surface area contributed by atoms with E-state index in [1.165, 1.54) is 0 Å². The minimum absolute atomic E-state index is 0.242. The largest absolute Gasteiger partial charge is 0.394 e. The van der Waals surface area contributed by atoms with Crippen molar-refractivity contribution in [1.82, 2.24) is 5.32 Å². The molecule has 0 spiro atoms. The van der Waals surface area contributed by atoms with E-state index in [4.69, 9.17) is 15.9 Å². The van der Waals surface area contributed by atoms with E-state index in [0.717, 1.165) is 0 Å².